The number of imide groups is 1. The van der Waals surface area contributed by atoms with E-state index in [1.54, 1.807) is 24.3 Å². The Morgan fingerprint density at radius 3 is 2.13 bits per heavy atom. The molecule has 1 aliphatic heterocycles. The van der Waals surface area contributed by atoms with E-state index in [9.17, 15) is 9.59 Å². The first-order valence-corrected chi connectivity index (χ1v) is 11.1. The minimum absolute atomic E-state index is 0.273. The molecule has 156 valence electrons. The number of benzene rings is 3. The molecule has 1 N–H and O–H groups in total. The van der Waals surface area contributed by atoms with E-state index in [0.29, 0.717) is 15.6 Å². The molecule has 0 aromatic heterocycles. The fourth-order valence-corrected chi connectivity index (χ4v) is 4.28. The summed E-state index contributed by atoms with van der Waals surface area (Å²) >= 11 is 7.27. The van der Waals surface area contributed by atoms with Crippen LogP contribution in [0, 0.1) is 6.92 Å². The van der Waals surface area contributed by atoms with Gasteiger partial charge < -0.3 is 5.32 Å². The van der Waals surface area contributed by atoms with Crippen LogP contribution in [-0.4, -0.2) is 11.8 Å². The van der Waals surface area contributed by atoms with E-state index in [4.69, 9.17) is 11.6 Å². The highest BCUT2D eigenvalue weighted by Gasteiger charge is 2.40. The fraction of sp³-hybridized carbons (Fsp3) is 0.120. The zero-order valence-electron chi connectivity index (χ0n) is 17.2. The Bertz CT molecular complexity index is 1150. The van der Waals surface area contributed by atoms with Crippen molar-refractivity contribution < 1.29 is 9.59 Å². The van der Waals surface area contributed by atoms with Gasteiger partial charge in [0.05, 0.1) is 5.69 Å². The molecular weight excluding hydrogens is 428 g/mol. The van der Waals surface area contributed by atoms with E-state index >= 15 is 0 Å². The van der Waals surface area contributed by atoms with Crippen molar-refractivity contribution in [1.29, 1.82) is 0 Å². The van der Waals surface area contributed by atoms with Gasteiger partial charge in [0.15, 0.2) is 0 Å². The van der Waals surface area contributed by atoms with Gasteiger partial charge in [-0.15, -0.1) is 0 Å². The Labute approximate surface area is 190 Å². The summed E-state index contributed by atoms with van der Waals surface area (Å²) in [5.41, 5.74) is 3.84. The van der Waals surface area contributed by atoms with Crippen molar-refractivity contribution in [2.75, 3.05) is 10.2 Å². The maximum Gasteiger partial charge on any atom is 0.283 e. The summed E-state index contributed by atoms with van der Waals surface area (Å²) < 4.78 is 0. The Morgan fingerprint density at radius 1 is 0.871 bits per heavy atom. The van der Waals surface area contributed by atoms with Crippen molar-refractivity contribution in [2.24, 2.45) is 0 Å². The molecule has 0 radical (unpaired) electrons. The maximum atomic E-state index is 13.3. The molecule has 3 aromatic rings. The van der Waals surface area contributed by atoms with Crippen LogP contribution in [0.5, 0.6) is 0 Å². The third kappa shape index (κ3) is 4.53. The van der Waals surface area contributed by atoms with Gasteiger partial charge in [-0.05, 0) is 67.4 Å². The molecule has 1 heterocycles. The predicted molar refractivity (Wildman–Crippen MR) is 127 cm³/mol. The molecule has 2 amide bonds. The van der Waals surface area contributed by atoms with Gasteiger partial charge in [-0.2, -0.15) is 0 Å². The van der Waals surface area contributed by atoms with Crippen LogP contribution in [0.4, 0.5) is 11.4 Å². The number of carbonyl (C=O) groups is 2. The number of hydrogen-bond donors (Lipinski definition) is 1. The van der Waals surface area contributed by atoms with Gasteiger partial charge in [-0.1, -0.05) is 60.1 Å². The molecule has 0 atom stereocenters. The number of nitrogens with one attached hydrogen (secondary N) is 1. The van der Waals surface area contributed by atoms with Crippen molar-refractivity contribution in [3.8, 4) is 0 Å². The second kappa shape index (κ2) is 9.00. The SMILES string of the molecule is CCc1ccc(NC2=C(Sc3ccc(C)cc3)C(=O)N(c3ccc(Cl)cc3)C2=O)cc1. The molecule has 1 aliphatic rings. The van der Waals surface area contributed by atoms with Crippen LogP contribution in [0.2, 0.25) is 5.02 Å². The van der Waals surface area contributed by atoms with Gasteiger partial charge in [-0.25, -0.2) is 4.90 Å². The maximum absolute atomic E-state index is 13.3. The summed E-state index contributed by atoms with van der Waals surface area (Å²) in [6, 6.07) is 22.4. The second-order valence-corrected chi connectivity index (χ2v) is 8.74. The van der Waals surface area contributed by atoms with Crippen LogP contribution in [0.15, 0.2) is 88.3 Å². The Kier molecular flexibility index (Phi) is 6.16. The number of aryl methyl sites for hydroxylation is 2. The van der Waals surface area contributed by atoms with Crippen molar-refractivity contribution >= 4 is 46.6 Å². The number of amides is 2. The normalized spacial score (nSPS) is 13.8. The van der Waals surface area contributed by atoms with Crippen LogP contribution < -0.4 is 10.2 Å². The van der Waals surface area contributed by atoms with Gasteiger partial charge in [-0.3, -0.25) is 9.59 Å². The molecule has 4 rings (SSSR count). The van der Waals surface area contributed by atoms with E-state index in [1.165, 1.54) is 22.2 Å². The molecule has 0 saturated carbocycles. The number of rotatable bonds is 6. The zero-order chi connectivity index (χ0) is 22.0. The first-order chi connectivity index (χ1) is 15.0. The molecule has 0 spiro atoms. The molecule has 6 heteroatoms. The van der Waals surface area contributed by atoms with Crippen molar-refractivity contribution in [1.82, 2.24) is 0 Å². The molecule has 31 heavy (non-hydrogen) atoms. The summed E-state index contributed by atoms with van der Waals surface area (Å²) in [7, 11) is 0. The smallest absolute Gasteiger partial charge is 0.283 e. The fourth-order valence-electron chi connectivity index (χ4n) is 3.23. The summed E-state index contributed by atoms with van der Waals surface area (Å²) in [6.45, 7) is 4.09. The lowest BCUT2D eigenvalue weighted by molar-refractivity contribution is -0.120. The Morgan fingerprint density at radius 2 is 1.52 bits per heavy atom. The van der Waals surface area contributed by atoms with Crippen molar-refractivity contribution in [2.45, 2.75) is 25.2 Å². The highest BCUT2D eigenvalue weighted by Crippen LogP contribution is 2.38. The third-order valence-corrected chi connectivity index (χ3v) is 6.34. The highest BCUT2D eigenvalue weighted by molar-refractivity contribution is 8.04. The number of anilines is 2. The molecular formula is C25H21ClN2O2S. The largest absolute Gasteiger partial charge is 0.350 e. The van der Waals surface area contributed by atoms with E-state index in [2.05, 4.69) is 12.2 Å². The number of nitrogens with zero attached hydrogens (tertiary/aromatic N) is 1. The van der Waals surface area contributed by atoms with Gasteiger partial charge in [0, 0.05) is 15.6 Å². The van der Waals surface area contributed by atoms with Crippen molar-refractivity contribution in [3.05, 3.63) is 99.5 Å². The lowest BCUT2D eigenvalue weighted by atomic mass is 10.1. The predicted octanol–water partition coefficient (Wildman–Crippen LogP) is 6.20. The average molecular weight is 449 g/mol. The van der Waals surface area contributed by atoms with E-state index in [0.717, 1.165) is 22.6 Å². The van der Waals surface area contributed by atoms with Crippen LogP contribution >= 0.6 is 23.4 Å². The second-order valence-electron chi connectivity index (χ2n) is 7.22. The lowest BCUT2D eigenvalue weighted by Crippen LogP contribution is -2.32. The van der Waals surface area contributed by atoms with Crippen LogP contribution in [0.25, 0.3) is 0 Å². The molecule has 3 aromatic carbocycles. The lowest BCUT2D eigenvalue weighted by Gasteiger charge is -2.15. The van der Waals surface area contributed by atoms with Gasteiger partial charge in [0.25, 0.3) is 11.8 Å². The van der Waals surface area contributed by atoms with Gasteiger partial charge >= 0.3 is 0 Å². The first kappa shape index (κ1) is 21.2. The third-order valence-electron chi connectivity index (χ3n) is 5.00. The van der Waals surface area contributed by atoms with Crippen LogP contribution in [-0.2, 0) is 16.0 Å². The van der Waals surface area contributed by atoms with Gasteiger partial charge in [0.1, 0.15) is 10.6 Å². The molecule has 0 saturated heterocycles. The topological polar surface area (TPSA) is 49.4 Å². The number of carbonyl (C=O) groups excluding carboxylic acids is 2. The molecule has 0 aliphatic carbocycles. The quantitative estimate of drug-likeness (QED) is 0.456. The van der Waals surface area contributed by atoms with Gasteiger partial charge in [0.2, 0.25) is 0 Å². The molecule has 0 unspecified atom stereocenters. The molecule has 0 bridgehead atoms. The number of halogens is 1. The van der Waals surface area contributed by atoms with E-state index < -0.39 is 0 Å². The minimum atomic E-state index is -0.387. The summed E-state index contributed by atoms with van der Waals surface area (Å²) in [5, 5.41) is 3.73. The first-order valence-electron chi connectivity index (χ1n) is 9.95. The van der Waals surface area contributed by atoms with Crippen molar-refractivity contribution in [3.63, 3.8) is 0 Å². The Balaban J connectivity index is 1.71. The highest BCUT2D eigenvalue weighted by atomic mass is 35.5. The van der Waals surface area contributed by atoms with E-state index in [1.807, 2.05) is 55.5 Å². The number of thioether (sulfide) groups is 1. The summed E-state index contributed by atoms with van der Waals surface area (Å²) in [4.78, 5) is 29.1. The molecule has 0 fully saturated rings. The summed E-state index contributed by atoms with van der Waals surface area (Å²) in [5.74, 6) is -0.743. The van der Waals surface area contributed by atoms with Crippen LogP contribution in [0.3, 0.4) is 0 Å². The minimum Gasteiger partial charge on any atom is -0.350 e. The summed E-state index contributed by atoms with van der Waals surface area (Å²) in [6.07, 6.45) is 0.930. The number of hydrogen-bond acceptors (Lipinski definition) is 4. The monoisotopic (exact) mass is 448 g/mol. The van der Waals surface area contributed by atoms with E-state index in [-0.39, 0.29) is 17.5 Å². The standard InChI is InChI=1S/C25H21ClN2O2S/c1-3-17-6-10-19(11-7-17)27-22-23(31-21-14-4-16(2)5-15-21)25(30)28(24(22)29)20-12-8-18(26)9-13-20/h4-15,27H,3H2,1-2H3. The zero-order valence-corrected chi connectivity index (χ0v) is 18.8. The van der Waals surface area contributed by atoms with Crippen LogP contribution in [0.1, 0.15) is 18.1 Å². The Hall–Kier alpha value is -3.02. The average Bonchev–Trinajstić information content (AvgIpc) is 3.00. The molecule has 4 nitrogen and oxygen atoms in total.